The summed E-state index contributed by atoms with van der Waals surface area (Å²) in [4.78, 5) is 17.1. The van der Waals surface area contributed by atoms with Crippen LogP contribution in [0, 0.1) is 5.82 Å². The van der Waals surface area contributed by atoms with E-state index >= 15 is 0 Å². The van der Waals surface area contributed by atoms with Gasteiger partial charge >= 0.3 is 6.18 Å². The molecule has 0 saturated heterocycles. The lowest BCUT2D eigenvalue weighted by atomic mass is 10.1. The van der Waals surface area contributed by atoms with Crippen LogP contribution in [0.1, 0.15) is 21.5 Å². The van der Waals surface area contributed by atoms with Crippen LogP contribution >= 0.6 is 11.6 Å². The van der Waals surface area contributed by atoms with E-state index in [1.165, 1.54) is 12.1 Å². The fraction of sp³-hybridized carbons (Fsp3) is 0.0800. The standard InChI is InChI=1S/C25H17ClF4N4O/c26-19-10-15(11-20(27)13-19)12-22(31-23-14-21(33-34-23)16-4-2-1-3-5-16)32-24(35)17-6-8-18(9-7-17)25(28,29)30/h1-11,13-14H,12H2,(H2,31,32,33,34,35). The lowest BCUT2D eigenvalue weighted by Crippen LogP contribution is -2.32. The third-order valence-corrected chi connectivity index (χ3v) is 5.14. The fourth-order valence-corrected chi connectivity index (χ4v) is 3.55. The van der Waals surface area contributed by atoms with Crippen LogP contribution in [0.4, 0.5) is 23.4 Å². The Balaban J connectivity index is 1.62. The molecule has 10 heteroatoms. The van der Waals surface area contributed by atoms with Crippen molar-refractivity contribution in [3.63, 3.8) is 0 Å². The van der Waals surface area contributed by atoms with Crippen LogP contribution < -0.4 is 5.32 Å². The van der Waals surface area contributed by atoms with E-state index in [4.69, 9.17) is 11.6 Å². The summed E-state index contributed by atoms with van der Waals surface area (Å²) in [6, 6.07) is 18.7. The summed E-state index contributed by atoms with van der Waals surface area (Å²) in [5.41, 5.74) is 1.11. The maximum atomic E-state index is 13.8. The Labute approximate surface area is 202 Å². The normalized spacial score (nSPS) is 12.0. The molecular weight excluding hydrogens is 484 g/mol. The SMILES string of the molecule is O=C(NC(Cc1cc(F)cc(Cl)c1)=Nc1cc(-c2ccccc2)[nH]n1)c1ccc(C(F)(F)F)cc1. The largest absolute Gasteiger partial charge is 0.416 e. The van der Waals surface area contributed by atoms with E-state index < -0.39 is 23.5 Å². The lowest BCUT2D eigenvalue weighted by Gasteiger charge is -2.11. The van der Waals surface area contributed by atoms with Crippen LogP contribution in [-0.4, -0.2) is 21.9 Å². The second kappa shape index (κ2) is 10.1. The molecule has 1 aromatic heterocycles. The van der Waals surface area contributed by atoms with E-state index in [1.807, 2.05) is 30.3 Å². The van der Waals surface area contributed by atoms with Gasteiger partial charge in [0.25, 0.3) is 5.91 Å². The van der Waals surface area contributed by atoms with E-state index in [0.717, 1.165) is 35.9 Å². The minimum Gasteiger partial charge on any atom is -0.310 e. The average molecular weight is 501 g/mol. The Bertz CT molecular complexity index is 1350. The number of amides is 1. The number of carbonyl (C=O) groups is 1. The van der Waals surface area contributed by atoms with Crippen molar-refractivity contribution in [2.75, 3.05) is 0 Å². The second-order valence-electron chi connectivity index (χ2n) is 7.55. The van der Waals surface area contributed by atoms with Crippen LogP contribution in [0.15, 0.2) is 83.9 Å². The number of aromatic amines is 1. The molecule has 3 aromatic carbocycles. The number of aliphatic imine (C=N–C) groups is 1. The predicted octanol–water partition coefficient (Wildman–Crippen LogP) is 6.59. The van der Waals surface area contributed by atoms with Gasteiger partial charge in [-0.1, -0.05) is 41.9 Å². The first-order valence-electron chi connectivity index (χ1n) is 10.3. The van der Waals surface area contributed by atoms with Crippen molar-refractivity contribution in [3.05, 3.63) is 106 Å². The van der Waals surface area contributed by atoms with E-state index in [9.17, 15) is 22.4 Å². The Kier molecular flexibility index (Phi) is 6.97. The predicted molar refractivity (Wildman–Crippen MR) is 125 cm³/mol. The van der Waals surface area contributed by atoms with Gasteiger partial charge in [-0.05, 0) is 53.6 Å². The molecular formula is C25H17ClF4N4O. The molecule has 0 aliphatic heterocycles. The first kappa shape index (κ1) is 24.2. The quantitative estimate of drug-likeness (QED) is 0.184. The summed E-state index contributed by atoms with van der Waals surface area (Å²) in [7, 11) is 0. The highest BCUT2D eigenvalue weighted by atomic mass is 35.5. The van der Waals surface area contributed by atoms with Gasteiger partial charge < -0.3 is 5.32 Å². The van der Waals surface area contributed by atoms with Crippen LogP contribution in [0.3, 0.4) is 0 Å². The molecule has 5 nitrogen and oxygen atoms in total. The van der Waals surface area contributed by atoms with Gasteiger partial charge in [-0.15, -0.1) is 0 Å². The van der Waals surface area contributed by atoms with Crippen LogP contribution in [0.25, 0.3) is 11.3 Å². The maximum absolute atomic E-state index is 13.8. The van der Waals surface area contributed by atoms with Crippen LogP contribution in [-0.2, 0) is 12.6 Å². The molecule has 0 atom stereocenters. The van der Waals surface area contributed by atoms with Gasteiger partial charge in [0.2, 0.25) is 0 Å². The molecule has 0 saturated carbocycles. The summed E-state index contributed by atoms with van der Waals surface area (Å²) in [5.74, 6) is -0.900. The van der Waals surface area contributed by atoms with Gasteiger partial charge in [0, 0.05) is 23.1 Å². The van der Waals surface area contributed by atoms with Crippen LogP contribution in [0.5, 0.6) is 0 Å². The third kappa shape index (κ3) is 6.33. The third-order valence-electron chi connectivity index (χ3n) is 4.92. The number of hydrogen-bond acceptors (Lipinski definition) is 3. The highest BCUT2D eigenvalue weighted by Gasteiger charge is 2.30. The zero-order chi connectivity index (χ0) is 25.0. The molecule has 2 N–H and O–H groups in total. The Hall–Kier alpha value is -3.98. The molecule has 4 rings (SSSR count). The number of amidine groups is 1. The van der Waals surface area contributed by atoms with Crippen molar-refractivity contribution in [1.29, 1.82) is 0 Å². The smallest absolute Gasteiger partial charge is 0.310 e. The first-order chi connectivity index (χ1) is 16.7. The summed E-state index contributed by atoms with van der Waals surface area (Å²) >= 11 is 5.94. The van der Waals surface area contributed by atoms with Crippen molar-refractivity contribution in [2.24, 2.45) is 4.99 Å². The molecule has 1 amide bonds. The molecule has 4 aromatic rings. The van der Waals surface area contributed by atoms with Gasteiger partial charge in [-0.2, -0.15) is 18.3 Å². The number of nitrogens with zero attached hydrogens (tertiary/aromatic N) is 2. The molecule has 178 valence electrons. The molecule has 0 bridgehead atoms. The molecule has 0 aliphatic rings. The summed E-state index contributed by atoms with van der Waals surface area (Å²) in [6.45, 7) is 0. The number of nitrogens with one attached hydrogen (secondary N) is 2. The fourth-order valence-electron chi connectivity index (χ4n) is 3.30. The number of carbonyl (C=O) groups excluding carboxylic acids is 1. The highest BCUT2D eigenvalue weighted by Crippen LogP contribution is 2.29. The number of alkyl halides is 3. The highest BCUT2D eigenvalue weighted by molar-refractivity contribution is 6.30. The monoisotopic (exact) mass is 500 g/mol. The topological polar surface area (TPSA) is 70.1 Å². The van der Waals surface area contributed by atoms with Gasteiger partial charge in [0.15, 0.2) is 5.82 Å². The van der Waals surface area contributed by atoms with Crippen molar-refractivity contribution in [3.8, 4) is 11.3 Å². The first-order valence-corrected chi connectivity index (χ1v) is 10.7. The van der Waals surface area contributed by atoms with Gasteiger partial charge in [-0.25, -0.2) is 9.38 Å². The molecule has 0 aliphatic carbocycles. The summed E-state index contributed by atoms with van der Waals surface area (Å²) in [6.07, 6.45) is -4.54. The number of hydrogen-bond donors (Lipinski definition) is 2. The number of halogens is 5. The Morgan fingerprint density at radius 3 is 2.37 bits per heavy atom. The Morgan fingerprint density at radius 2 is 1.71 bits per heavy atom. The minimum atomic E-state index is -4.52. The maximum Gasteiger partial charge on any atom is 0.416 e. The lowest BCUT2D eigenvalue weighted by molar-refractivity contribution is -0.137. The van der Waals surface area contributed by atoms with Crippen molar-refractivity contribution in [2.45, 2.75) is 12.6 Å². The number of H-pyrrole nitrogens is 1. The summed E-state index contributed by atoms with van der Waals surface area (Å²) in [5, 5.41) is 9.75. The van der Waals surface area contributed by atoms with E-state index in [0.29, 0.717) is 11.3 Å². The van der Waals surface area contributed by atoms with Gasteiger partial charge in [0.1, 0.15) is 11.7 Å². The molecule has 0 unspecified atom stereocenters. The molecule has 35 heavy (non-hydrogen) atoms. The van der Waals surface area contributed by atoms with Crippen molar-refractivity contribution < 1.29 is 22.4 Å². The molecule has 1 heterocycles. The van der Waals surface area contributed by atoms with Crippen LogP contribution in [0.2, 0.25) is 5.02 Å². The van der Waals surface area contributed by atoms with E-state index in [1.54, 1.807) is 6.07 Å². The molecule has 0 fully saturated rings. The van der Waals surface area contributed by atoms with Gasteiger partial charge in [-0.3, -0.25) is 9.89 Å². The number of aromatic nitrogens is 2. The average Bonchev–Trinajstić information content (AvgIpc) is 3.27. The van der Waals surface area contributed by atoms with E-state index in [2.05, 4.69) is 20.5 Å². The van der Waals surface area contributed by atoms with Crippen molar-refractivity contribution >= 4 is 29.2 Å². The molecule has 0 radical (unpaired) electrons. The van der Waals surface area contributed by atoms with Crippen molar-refractivity contribution in [1.82, 2.24) is 15.5 Å². The number of rotatable bonds is 5. The minimum absolute atomic E-state index is 0.00465. The zero-order valence-electron chi connectivity index (χ0n) is 17.9. The second-order valence-corrected chi connectivity index (χ2v) is 7.98. The zero-order valence-corrected chi connectivity index (χ0v) is 18.7. The van der Waals surface area contributed by atoms with Gasteiger partial charge in [0.05, 0.1) is 11.3 Å². The van der Waals surface area contributed by atoms with E-state index in [-0.39, 0.29) is 28.7 Å². The number of benzene rings is 3. The Morgan fingerprint density at radius 1 is 1.00 bits per heavy atom. The summed E-state index contributed by atoms with van der Waals surface area (Å²) < 4.78 is 52.3. The molecule has 0 spiro atoms.